The summed E-state index contributed by atoms with van der Waals surface area (Å²) in [4.78, 5) is 4.48. The molecule has 1 atom stereocenters. The molecule has 1 aliphatic heterocycles. The molecule has 2 aromatic rings. The molecule has 1 aromatic heterocycles. The molecule has 0 amide bonds. The van der Waals surface area contributed by atoms with Gasteiger partial charge in [-0.1, -0.05) is 31.2 Å². The number of benzene rings is 1. The molecule has 0 saturated carbocycles. The maximum Gasteiger partial charge on any atom is 0.131 e. The number of hydrogen-bond acceptors (Lipinski definition) is 4. The van der Waals surface area contributed by atoms with Gasteiger partial charge in [0.1, 0.15) is 12.4 Å². The van der Waals surface area contributed by atoms with Crippen molar-refractivity contribution in [2.24, 2.45) is 0 Å². The second-order valence-electron chi connectivity index (χ2n) is 5.11. The zero-order valence-electron chi connectivity index (χ0n) is 12.3. The predicted octanol–water partition coefficient (Wildman–Crippen LogP) is 2.26. The summed E-state index contributed by atoms with van der Waals surface area (Å²) >= 11 is 0. The fraction of sp³-hybridized carbons (Fsp3) is 0.353. The largest absolute Gasteiger partial charge is 0.487 e. The van der Waals surface area contributed by atoms with E-state index in [1.54, 1.807) is 0 Å². The highest BCUT2D eigenvalue weighted by atomic mass is 16.5. The highest BCUT2D eigenvalue weighted by Gasteiger charge is 2.24. The van der Waals surface area contributed by atoms with Crippen molar-refractivity contribution in [1.82, 2.24) is 15.6 Å². The van der Waals surface area contributed by atoms with Crippen molar-refractivity contribution in [3.05, 3.63) is 59.4 Å². The van der Waals surface area contributed by atoms with Gasteiger partial charge in [0.2, 0.25) is 0 Å². The zero-order valence-corrected chi connectivity index (χ0v) is 12.3. The Balaban J connectivity index is 1.91. The zero-order chi connectivity index (χ0) is 14.5. The van der Waals surface area contributed by atoms with Crippen LogP contribution in [0.5, 0.6) is 5.75 Å². The molecule has 1 aliphatic rings. The quantitative estimate of drug-likeness (QED) is 0.826. The van der Waals surface area contributed by atoms with Crippen molar-refractivity contribution in [2.75, 3.05) is 19.6 Å². The summed E-state index contributed by atoms with van der Waals surface area (Å²) in [5.74, 6) is 0.941. The van der Waals surface area contributed by atoms with Gasteiger partial charge in [-0.25, -0.2) is 0 Å². The SMILES string of the molecule is CCNCCN[C@H]1c2ccccc2OCc2ncccc21. The molecule has 0 saturated heterocycles. The van der Waals surface area contributed by atoms with Crippen LogP contribution in [0.15, 0.2) is 42.6 Å². The van der Waals surface area contributed by atoms with Crippen molar-refractivity contribution in [3.63, 3.8) is 0 Å². The molecule has 0 bridgehead atoms. The molecule has 21 heavy (non-hydrogen) atoms. The van der Waals surface area contributed by atoms with Gasteiger partial charge in [-0.15, -0.1) is 0 Å². The maximum absolute atomic E-state index is 5.91. The lowest BCUT2D eigenvalue weighted by Crippen LogP contribution is -2.31. The number of fused-ring (bicyclic) bond motifs is 2. The van der Waals surface area contributed by atoms with Crippen LogP contribution in [0, 0.1) is 0 Å². The van der Waals surface area contributed by atoms with Gasteiger partial charge in [0.25, 0.3) is 0 Å². The van der Waals surface area contributed by atoms with E-state index in [-0.39, 0.29) is 6.04 Å². The van der Waals surface area contributed by atoms with Gasteiger partial charge in [0.15, 0.2) is 0 Å². The molecule has 1 aromatic carbocycles. The summed E-state index contributed by atoms with van der Waals surface area (Å²) in [6, 6.07) is 12.5. The molecule has 2 N–H and O–H groups in total. The highest BCUT2D eigenvalue weighted by Crippen LogP contribution is 2.34. The van der Waals surface area contributed by atoms with E-state index < -0.39 is 0 Å². The summed E-state index contributed by atoms with van der Waals surface area (Å²) < 4.78 is 5.91. The van der Waals surface area contributed by atoms with E-state index in [0.717, 1.165) is 31.1 Å². The molecule has 0 spiro atoms. The van der Waals surface area contributed by atoms with Gasteiger partial charge in [-0.05, 0) is 24.2 Å². The topological polar surface area (TPSA) is 46.2 Å². The second-order valence-corrected chi connectivity index (χ2v) is 5.11. The average Bonchev–Trinajstić information content (AvgIpc) is 2.69. The third-order valence-electron chi connectivity index (χ3n) is 3.73. The number of nitrogens with one attached hydrogen (secondary N) is 2. The average molecular weight is 283 g/mol. The number of aromatic nitrogens is 1. The van der Waals surface area contributed by atoms with E-state index in [4.69, 9.17) is 4.74 Å². The Hall–Kier alpha value is -1.91. The monoisotopic (exact) mass is 283 g/mol. The first-order valence-electron chi connectivity index (χ1n) is 7.49. The lowest BCUT2D eigenvalue weighted by atomic mass is 9.97. The van der Waals surface area contributed by atoms with Gasteiger partial charge in [0.05, 0.1) is 11.7 Å². The Morgan fingerprint density at radius 3 is 2.90 bits per heavy atom. The van der Waals surface area contributed by atoms with Crippen molar-refractivity contribution in [3.8, 4) is 5.75 Å². The molecule has 4 heteroatoms. The van der Waals surface area contributed by atoms with Gasteiger partial charge >= 0.3 is 0 Å². The first-order valence-corrected chi connectivity index (χ1v) is 7.49. The van der Waals surface area contributed by atoms with Crippen LogP contribution in [0.4, 0.5) is 0 Å². The number of ether oxygens (including phenoxy) is 1. The van der Waals surface area contributed by atoms with Crippen LogP contribution in [0.1, 0.15) is 29.8 Å². The number of likely N-dealkylation sites (N-methyl/N-ethyl adjacent to an activating group) is 1. The molecule has 4 nitrogen and oxygen atoms in total. The maximum atomic E-state index is 5.91. The molecule has 110 valence electrons. The molecule has 0 fully saturated rings. The summed E-state index contributed by atoms with van der Waals surface area (Å²) in [5.41, 5.74) is 3.40. The Morgan fingerprint density at radius 1 is 1.14 bits per heavy atom. The third kappa shape index (κ3) is 3.06. The van der Waals surface area contributed by atoms with Crippen LogP contribution >= 0.6 is 0 Å². The third-order valence-corrected chi connectivity index (χ3v) is 3.73. The number of para-hydroxylation sites is 1. The lowest BCUT2D eigenvalue weighted by Gasteiger charge is -2.20. The Kier molecular flexibility index (Phi) is 4.48. The van der Waals surface area contributed by atoms with Gasteiger partial charge in [0, 0.05) is 24.8 Å². The van der Waals surface area contributed by atoms with Crippen molar-refractivity contribution >= 4 is 0 Å². The van der Waals surface area contributed by atoms with Crippen molar-refractivity contribution in [1.29, 1.82) is 0 Å². The highest BCUT2D eigenvalue weighted by molar-refractivity contribution is 5.44. The predicted molar refractivity (Wildman–Crippen MR) is 83.4 cm³/mol. The van der Waals surface area contributed by atoms with E-state index in [1.807, 2.05) is 24.4 Å². The molecule has 0 unspecified atom stereocenters. The van der Waals surface area contributed by atoms with E-state index in [9.17, 15) is 0 Å². The smallest absolute Gasteiger partial charge is 0.131 e. The van der Waals surface area contributed by atoms with E-state index >= 15 is 0 Å². The number of nitrogens with zero attached hydrogens (tertiary/aromatic N) is 1. The van der Waals surface area contributed by atoms with Crippen LogP contribution in [0.2, 0.25) is 0 Å². The van der Waals surface area contributed by atoms with Gasteiger partial charge in [-0.2, -0.15) is 0 Å². The number of pyridine rings is 1. The molecule has 2 heterocycles. The summed E-state index contributed by atoms with van der Waals surface area (Å²) in [7, 11) is 0. The van der Waals surface area contributed by atoms with E-state index in [1.165, 1.54) is 11.1 Å². The van der Waals surface area contributed by atoms with Gasteiger partial charge < -0.3 is 15.4 Å². The first-order chi connectivity index (χ1) is 10.4. The van der Waals surface area contributed by atoms with Crippen LogP contribution in [-0.2, 0) is 6.61 Å². The van der Waals surface area contributed by atoms with E-state index in [2.05, 4.69) is 40.7 Å². The van der Waals surface area contributed by atoms with Crippen LogP contribution in [-0.4, -0.2) is 24.6 Å². The summed E-state index contributed by atoms with van der Waals surface area (Å²) in [5, 5.41) is 6.97. The molecular formula is C17H21N3O. The Morgan fingerprint density at radius 2 is 2.00 bits per heavy atom. The first kappa shape index (κ1) is 14.0. The minimum atomic E-state index is 0.131. The summed E-state index contributed by atoms with van der Waals surface area (Å²) in [6.45, 7) is 5.49. The fourth-order valence-electron chi connectivity index (χ4n) is 2.70. The van der Waals surface area contributed by atoms with Crippen molar-refractivity contribution in [2.45, 2.75) is 19.6 Å². The van der Waals surface area contributed by atoms with Crippen LogP contribution < -0.4 is 15.4 Å². The fourth-order valence-corrected chi connectivity index (χ4v) is 2.70. The summed E-state index contributed by atoms with van der Waals surface area (Å²) in [6.07, 6.45) is 1.83. The minimum Gasteiger partial charge on any atom is -0.487 e. The molecule has 3 rings (SSSR count). The van der Waals surface area contributed by atoms with E-state index in [0.29, 0.717) is 6.61 Å². The molecule has 0 radical (unpaired) electrons. The van der Waals surface area contributed by atoms with Crippen LogP contribution in [0.25, 0.3) is 0 Å². The van der Waals surface area contributed by atoms with Crippen molar-refractivity contribution < 1.29 is 4.74 Å². The number of rotatable bonds is 5. The van der Waals surface area contributed by atoms with Gasteiger partial charge in [-0.3, -0.25) is 4.98 Å². The van der Waals surface area contributed by atoms with Crippen LogP contribution in [0.3, 0.4) is 0 Å². The Labute approximate surface area is 125 Å². The normalized spacial score (nSPS) is 16.5. The molecule has 0 aliphatic carbocycles. The lowest BCUT2D eigenvalue weighted by molar-refractivity contribution is 0.302. The second kappa shape index (κ2) is 6.70. The standard InChI is InChI=1S/C17H21N3O/c1-2-18-10-11-20-17-13-7-5-9-19-15(13)12-21-16-8-4-3-6-14(16)17/h3-9,17-18,20H,2,10-12H2,1H3/t17-/m1/s1. The minimum absolute atomic E-state index is 0.131. The molecular weight excluding hydrogens is 262 g/mol. The Bertz CT molecular complexity index is 553. The number of hydrogen-bond donors (Lipinski definition) is 2.